The van der Waals surface area contributed by atoms with Gasteiger partial charge in [-0.25, -0.2) is 4.79 Å². The van der Waals surface area contributed by atoms with Gasteiger partial charge in [-0.1, -0.05) is 29.8 Å². The fourth-order valence-electron chi connectivity index (χ4n) is 2.40. The quantitative estimate of drug-likeness (QED) is 0.319. The Morgan fingerprint density at radius 1 is 1.11 bits per heavy atom. The van der Waals surface area contributed by atoms with Gasteiger partial charge in [-0.15, -0.1) is 0 Å². The Bertz CT molecular complexity index is 879. The second-order valence-electron chi connectivity index (χ2n) is 6.11. The van der Waals surface area contributed by atoms with Gasteiger partial charge in [0, 0.05) is 18.4 Å². The summed E-state index contributed by atoms with van der Waals surface area (Å²) in [6.45, 7) is 4.67. The number of carbonyl (C=O) groups excluding carboxylic acids is 2. The molecule has 2 N–H and O–H groups in total. The highest BCUT2D eigenvalue weighted by molar-refractivity contribution is 6.06. The van der Waals surface area contributed by atoms with E-state index in [0.717, 1.165) is 6.42 Å². The number of ether oxygens (including phenoxy) is 1. The molecule has 6 nitrogen and oxygen atoms in total. The summed E-state index contributed by atoms with van der Waals surface area (Å²) < 4.78 is 4.91. The van der Waals surface area contributed by atoms with Gasteiger partial charge < -0.3 is 15.4 Å². The van der Waals surface area contributed by atoms with Crippen LogP contribution in [-0.4, -0.2) is 25.0 Å². The maximum atomic E-state index is 12.2. The van der Waals surface area contributed by atoms with Crippen molar-refractivity contribution in [2.24, 2.45) is 0 Å². The molecule has 0 unspecified atom stereocenters. The molecule has 0 aliphatic heterocycles. The number of anilines is 1. The van der Waals surface area contributed by atoms with Gasteiger partial charge >= 0.3 is 5.97 Å². The number of hydrogen-bond donors (Lipinski definition) is 2. The van der Waals surface area contributed by atoms with E-state index in [2.05, 4.69) is 22.8 Å². The first-order valence-electron chi connectivity index (χ1n) is 9.01. The highest BCUT2D eigenvalue weighted by Gasteiger charge is 2.10. The van der Waals surface area contributed by atoms with Crippen molar-refractivity contribution in [3.05, 3.63) is 77.0 Å². The van der Waals surface area contributed by atoms with E-state index in [1.165, 1.54) is 17.3 Å². The number of nitriles is 1. The molecule has 0 spiro atoms. The zero-order valence-electron chi connectivity index (χ0n) is 16.0. The molecule has 6 heteroatoms. The van der Waals surface area contributed by atoms with Crippen LogP contribution in [0.3, 0.4) is 0 Å². The van der Waals surface area contributed by atoms with E-state index in [1.807, 2.05) is 25.1 Å². The summed E-state index contributed by atoms with van der Waals surface area (Å²) in [5, 5.41) is 14.8. The normalized spacial score (nSPS) is 10.7. The Labute approximate surface area is 164 Å². The summed E-state index contributed by atoms with van der Waals surface area (Å²) in [5.41, 5.74) is 3.23. The molecule has 0 aliphatic carbocycles. The maximum Gasteiger partial charge on any atom is 0.338 e. The molecule has 1 amide bonds. The molecular weight excluding hydrogens is 354 g/mol. The minimum atomic E-state index is -0.519. The van der Waals surface area contributed by atoms with Crippen molar-refractivity contribution in [2.45, 2.75) is 20.3 Å². The zero-order valence-corrected chi connectivity index (χ0v) is 16.0. The smallest absolute Gasteiger partial charge is 0.338 e. The van der Waals surface area contributed by atoms with Crippen LogP contribution < -0.4 is 10.6 Å². The second kappa shape index (κ2) is 10.5. The van der Waals surface area contributed by atoms with Crippen LogP contribution in [0.1, 0.15) is 28.4 Å². The first-order valence-corrected chi connectivity index (χ1v) is 9.01. The topological polar surface area (TPSA) is 91.2 Å². The molecule has 0 aliphatic rings. The van der Waals surface area contributed by atoms with E-state index in [-0.39, 0.29) is 5.57 Å². The maximum absolute atomic E-state index is 12.2. The number of esters is 1. The first-order chi connectivity index (χ1) is 13.5. The molecule has 0 fully saturated rings. The van der Waals surface area contributed by atoms with Crippen LogP contribution in [0.15, 0.2) is 60.3 Å². The molecule has 0 bridgehead atoms. The minimum Gasteiger partial charge on any atom is -0.462 e. The number of aryl methyl sites for hydroxylation is 1. The number of rotatable bonds is 8. The molecule has 0 heterocycles. The summed E-state index contributed by atoms with van der Waals surface area (Å²) in [6.07, 6.45) is 2.20. The molecule has 0 aromatic heterocycles. The summed E-state index contributed by atoms with van der Waals surface area (Å²) in [6, 6.07) is 16.4. The molecule has 2 rings (SSSR count). The van der Waals surface area contributed by atoms with Gasteiger partial charge in [0.25, 0.3) is 5.91 Å². The van der Waals surface area contributed by atoms with Gasteiger partial charge in [0.05, 0.1) is 12.2 Å². The number of hydrogen-bond acceptors (Lipinski definition) is 5. The Balaban J connectivity index is 1.88. The average Bonchev–Trinajstić information content (AvgIpc) is 2.70. The lowest BCUT2D eigenvalue weighted by molar-refractivity contribution is -0.112. The summed E-state index contributed by atoms with van der Waals surface area (Å²) in [4.78, 5) is 23.9. The van der Waals surface area contributed by atoms with Gasteiger partial charge in [0.2, 0.25) is 0 Å². The second-order valence-corrected chi connectivity index (χ2v) is 6.11. The fraction of sp³-hybridized carbons (Fsp3) is 0.227. The molecule has 0 saturated carbocycles. The summed E-state index contributed by atoms with van der Waals surface area (Å²) in [5.74, 6) is -0.940. The molecule has 144 valence electrons. The van der Waals surface area contributed by atoms with Gasteiger partial charge in [-0.05, 0) is 50.1 Å². The first kappa shape index (κ1) is 20.7. The average molecular weight is 377 g/mol. The third-order valence-corrected chi connectivity index (χ3v) is 3.94. The van der Waals surface area contributed by atoms with Gasteiger partial charge in [0.15, 0.2) is 0 Å². The highest BCUT2D eigenvalue weighted by atomic mass is 16.5. The predicted octanol–water partition coefficient (Wildman–Crippen LogP) is 3.35. The van der Waals surface area contributed by atoms with Crippen LogP contribution in [0, 0.1) is 18.3 Å². The zero-order chi connectivity index (χ0) is 20.4. The van der Waals surface area contributed by atoms with Crippen molar-refractivity contribution in [1.82, 2.24) is 5.32 Å². The summed E-state index contributed by atoms with van der Waals surface area (Å²) in [7, 11) is 0. The lowest BCUT2D eigenvalue weighted by atomic mass is 10.1. The molecule has 0 saturated heterocycles. The third kappa shape index (κ3) is 6.29. The van der Waals surface area contributed by atoms with E-state index in [0.29, 0.717) is 24.4 Å². The van der Waals surface area contributed by atoms with Crippen molar-refractivity contribution in [3.63, 3.8) is 0 Å². The number of nitrogens with zero attached hydrogens (tertiary/aromatic N) is 1. The molecule has 2 aromatic rings. The Hall–Kier alpha value is -3.59. The van der Waals surface area contributed by atoms with Gasteiger partial charge in [-0.2, -0.15) is 5.26 Å². The van der Waals surface area contributed by atoms with Crippen LogP contribution in [-0.2, 0) is 16.0 Å². The van der Waals surface area contributed by atoms with Crippen LogP contribution in [0.25, 0.3) is 0 Å². The van der Waals surface area contributed by atoms with Crippen LogP contribution in [0.5, 0.6) is 0 Å². The van der Waals surface area contributed by atoms with Gasteiger partial charge in [0.1, 0.15) is 11.6 Å². The lowest BCUT2D eigenvalue weighted by Crippen LogP contribution is -2.18. The Morgan fingerprint density at radius 2 is 1.79 bits per heavy atom. The molecule has 28 heavy (non-hydrogen) atoms. The number of nitrogens with one attached hydrogen (secondary N) is 2. The van der Waals surface area contributed by atoms with Crippen molar-refractivity contribution < 1.29 is 14.3 Å². The largest absolute Gasteiger partial charge is 0.462 e. The Morgan fingerprint density at radius 3 is 2.39 bits per heavy atom. The van der Waals surface area contributed by atoms with E-state index in [1.54, 1.807) is 31.2 Å². The fourth-order valence-corrected chi connectivity index (χ4v) is 2.40. The monoisotopic (exact) mass is 377 g/mol. The van der Waals surface area contributed by atoms with E-state index in [9.17, 15) is 14.9 Å². The van der Waals surface area contributed by atoms with Crippen LogP contribution >= 0.6 is 0 Å². The van der Waals surface area contributed by atoms with Crippen molar-refractivity contribution >= 4 is 17.6 Å². The standard InChI is InChI=1S/C22H23N3O3/c1-3-28-22(27)18-8-10-20(11-9-18)25-21(26)19(14-23)15-24-13-12-17-6-4-16(2)5-7-17/h4-11,15,24H,3,12-13H2,1-2H3,(H,25,26)/b19-15-. The lowest BCUT2D eigenvalue weighted by Gasteiger charge is -2.07. The molecular formula is C22H23N3O3. The molecule has 2 aromatic carbocycles. The van der Waals surface area contributed by atoms with E-state index < -0.39 is 11.9 Å². The van der Waals surface area contributed by atoms with E-state index in [4.69, 9.17) is 4.74 Å². The van der Waals surface area contributed by atoms with E-state index >= 15 is 0 Å². The molecule has 0 radical (unpaired) electrons. The number of benzene rings is 2. The highest BCUT2D eigenvalue weighted by Crippen LogP contribution is 2.12. The summed E-state index contributed by atoms with van der Waals surface area (Å²) >= 11 is 0. The van der Waals surface area contributed by atoms with Crippen molar-refractivity contribution in [2.75, 3.05) is 18.5 Å². The van der Waals surface area contributed by atoms with Crippen molar-refractivity contribution in [3.8, 4) is 6.07 Å². The number of amides is 1. The third-order valence-electron chi connectivity index (χ3n) is 3.94. The number of carbonyl (C=O) groups is 2. The Kier molecular flexibility index (Phi) is 7.79. The van der Waals surface area contributed by atoms with Crippen molar-refractivity contribution in [1.29, 1.82) is 5.26 Å². The van der Waals surface area contributed by atoms with Crippen LogP contribution in [0.2, 0.25) is 0 Å². The SMILES string of the molecule is CCOC(=O)c1ccc(NC(=O)/C(C#N)=C\NCCc2ccc(C)cc2)cc1. The van der Waals surface area contributed by atoms with Crippen LogP contribution in [0.4, 0.5) is 5.69 Å². The predicted molar refractivity (Wildman–Crippen MR) is 108 cm³/mol. The minimum absolute atomic E-state index is 0.0293. The van der Waals surface area contributed by atoms with Gasteiger partial charge in [-0.3, -0.25) is 4.79 Å². The molecule has 0 atom stereocenters.